The quantitative estimate of drug-likeness (QED) is 0.875. The minimum absolute atomic E-state index is 0. The van der Waals surface area contributed by atoms with Gasteiger partial charge < -0.3 is 15.4 Å². The van der Waals surface area contributed by atoms with Crippen LogP contribution in [0.5, 0.6) is 0 Å². The molecule has 0 spiro atoms. The fourth-order valence-corrected chi connectivity index (χ4v) is 3.07. The molecule has 0 aromatic carbocycles. The van der Waals surface area contributed by atoms with Crippen molar-refractivity contribution in [2.75, 3.05) is 12.3 Å². The maximum Gasteiger partial charge on any atom is 0.244 e. The van der Waals surface area contributed by atoms with Gasteiger partial charge in [0.1, 0.15) is 0 Å². The van der Waals surface area contributed by atoms with Crippen LogP contribution < -0.4 is 5.73 Å². The van der Waals surface area contributed by atoms with Gasteiger partial charge in [0.25, 0.3) is 0 Å². The van der Waals surface area contributed by atoms with Crippen LogP contribution >= 0.6 is 23.7 Å². The predicted octanol–water partition coefficient (Wildman–Crippen LogP) is 1.15. The third-order valence-corrected chi connectivity index (χ3v) is 3.95. The van der Waals surface area contributed by atoms with Crippen molar-refractivity contribution in [1.82, 2.24) is 20.0 Å². The van der Waals surface area contributed by atoms with E-state index in [0.29, 0.717) is 36.4 Å². The zero-order valence-corrected chi connectivity index (χ0v) is 12.5. The van der Waals surface area contributed by atoms with Crippen LogP contribution in [0.3, 0.4) is 0 Å². The number of aliphatic hydroxyl groups excluding tert-OH is 1. The van der Waals surface area contributed by atoms with Gasteiger partial charge in [0.05, 0.1) is 12.1 Å². The molecule has 1 aliphatic heterocycles. The third-order valence-electron chi connectivity index (χ3n) is 3.14. The van der Waals surface area contributed by atoms with Gasteiger partial charge in [0, 0.05) is 24.2 Å². The fourth-order valence-electron chi connectivity index (χ4n) is 2.36. The molecule has 0 unspecified atom stereocenters. The molecule has 2 aromatic rings. The number of aliphatic hydroxyl groups is 1. The van der Waals surface area contributed by atoms with Gasteiger partial charge in [-0.1, -0.05) is 5.16 Å². The minimum atomic E-state index is -0.373. The first-order valence-corrected chi connectivity index (χ1v) is 6.86. The van der Waals surface area contributed by atoms with E-state index in [2.05, 4.69) is 20.0 Å². The second kappa shape index (κ2) is 6.04. The number of hydrogen-bond donors (Lipinski definition) is 2. The van der Waals surface area contributed by atoms with Crippen LogP contribution in [0.4, 0.5) is 5.13 Å². The molecular weight excluding hydrogens is 302 g/mol. The molecule has 7 nitrogen and oxygen atoms in total. The summed E-state index contributed by atoms with van der Waals surface area (Å²) in [6.45, 7) is 3.05. The van der Waals surface area contributed by atoms with Crippen molar-refractivity contribution >= 4 is 28.9 Å². The summed E-state index contributed by atoms with van der Waals surface area (Å²) in [5.74, 6) is 1.17. The summed E-state index contributed by atoms with van der Waals surface area (Å²) in [6.07, 6.45) is 2.00. The molecule has 9 heteroatoms. The zero-order valence-electron chi connectivity index (χ0n) is 10.9. The fraction of sp³-hybridized carbons (Fsp3) is 0.545. The first-order valence-electron chi connectivity index (χ1n) is 6.04. The zero-order chi connectivity index (χ0) is 13.4. The topological polar surface area (TPSA) is 101 Å². The highest BCUT2D eigenvalue weighted by Gasteiger charge is 2.35. The van der Waals surface area contributed by atoms with E-state index in [1.807, 2.05) is 0 Å². The second-order valence-corrected chi connectivity index (χ2v) is 5.83. The number of nitrogens with two attached hydrogens (primary N) is 1. The van der Waals surface area contributed by atoms with Crippen LogP contribution in [0.15, 0.2) is 10.7 Å². The summed E-state index contributed by atoms with van der Waals surface area (Å²) in [7, 11) is 0. The number of nitrogen functional groups attached to an aromatic ring is 1. The van der Waals surface area contributed by atoms with E-state index in [0.717, 1.165) is 4.88 Å². The van der Waals surface area contributed by atoms with Crippen molar-refractivity contribution in [1.29, 1.82) is 0 Å². The number of hydrogen-bond acceptors (Lipinski definition) is 8. The Morgan fingerprint density at radius 1 is 1.60 bits per heavy atom. The molecule has 20 heavy (non-hydrogen) atoms. The van der Waals surface area contributed by atoms with Gasteiger partial charge in [-0.25, -0.2) is 4.98 Å². The lowest BCUT2D eigenvalue weighted by atomic mass is 10.2. The Morgan fingerprint density at radius 2 is 2.40 bits per heavy atom. The van der Waals surface area contributed by atoms with Crippen LogP contribution in [-0.4, -0.2) is 37.8 Å². The van der Waals surface area contributed by atoms with Gasteiger partial charge >= 0.3 is 0 Å². The van der Waals surface area contributed by atoms with E-state index in [1.165, 1.54) is 11.3 Å². The summed E-state index contributed by atoms with van der Waals surface area (Å²) in [5, 5.41) is 14.2. The number of nitrogens with zero attached hydrogens (tertiary/aromatic N) is 4. The highest BCUT2D eigenvalue weighted by Crippen LogP contribution is 2.33. The van der Waals surface area contributed by atoms with Gasteiger partial charge in [-0.15, -0.1) is 23.7 Å². The average Bonchev–Trinajstić information content (AvgIpc) is 3.02. The molecule has 3 N–H and O–H groups in total. The number of rotatable bonds is 3. The van der Waals surface area contributed by atoms with E-state index < -0.39 is 0 Å². The van der Waals surface area contributed by atoms with E-state index >= 15 is 0 Å². The molecule has 1 fully saturated rings. The summed E-state index contributed by atoms with van der Waals surface area (Å²) >= 11 is 1.45. The van der Waals surface area contributed by atoms with Gasteiger partial charge in [0.2, 0.25) is 5.89 Å². The maximum absolute atomic E-state index is 9.85. The van der Waals surface area contributed by atoms with Crippen LogP contribution in [0.1, 0.15) is 29.1 Å². The number of halogens is 1. The maximum atomic E-state index is 9.85. The van der Waals surface area contributed by atoms with Crippen molar-refractivity contribution in [2.45, 2.75) is 32.0 Å². The lowest BCUT2D eigenvalue weighted by Gasteiger charge is -2.19. The molecular formula is C11H16ClN5O2S. The molecule has 2 aromatic heterocycles. The Hall–Kier alpha value is -1.22. The van der Waals surface area contributed by atoms with Gasteiger partial charge in [-0.05, 0) is 13.3 Å². The molecule has 1 aliphatic rings. The summed E-state index contributed by atoms with van der Waals surface area (Å²) in [5.41, 5.74) is 5.63. The van der Waals surface area contributed by atoms with Crippen molar-refractivity contribution in [3.63, 3.8) is 0 Å². The molecule has 0 bridgehead atoms. The van der Waals surface area contributed by atoms with Crippen molar-refractivity contribution in [3.05, 3.63) is 22.8 Å². The van der Waals surface area contributed by atoms with Crippen LogP contribution in [-0.2, 0) is 6.54 Å². The Balaban J connectivity index is 0.00000147. The Bertz CT molecular complexity index is 575. The predicted molar refractivity (Wildman–Crippen MR) is 76.6 cm³/mol. The molecule has 0 saturated carbocycles. The van der Waals surface area contributed by atoms with Crippen molar-refractivity contribution in [3.8, 4) is 0 Å². The summed E-state index contributed by atoms with van der Waals surface area (Å²) in [4.78, 5) is 11.5. The third kappa shape index (κ3) is 3.09. The van der Waals surface area contributed by atoms with E-state index in [4.69, 9.17) is 10.3 Å². The SMILES string of the molecule is Cc1noc([C@H]2C[C@H](O)CN2Cc2cnc(N)s2)n1.Cl. The van der Waals surface area contributed by atoms with E-state index in [9.17, 15) is 5.11 Å². The molecule has 110 valence electrons. The molecule has 2 atom stereocenters. The first-order chi connectivity index (χ1) is 9.11. The van der Waals surface area contributed by atoms with Gasteiger partial charge in [-0.2, -0.15) is 4.98 Å². The summed E-state index contributed by atoms with van der Waals surface area (Å²) < 4.78 is 5.22. The number of β-amino-alcohol motifs (C(OH)–C–C–N with tert-alkyl or cyclic N) is 1. The normalized spacial score (nSPS) is 22.9. The first kappa shape index (κ1) is 15.2. The Kier molecular flexibility index (Phi) is 4.59. The van der Waals surface area contributed by atoms with E-state index in [-0.39, 0.29) is 24.6 Å². The number of aromatic nitrogens is 3. The van der Waals surface area contributed by atoms with E-state index in [1.54, 1.807) is 13.1 Å². The molecule has 0 aliphatic carbocycles. The largest absolute Gasteiger partial charge is 0.392 e. The summed E-state index contributed by atoms with van der Waals surface area (Å²) in [6, 6.07) is -0.0421. The lowest BCUT2D eigenvalue weighted by Crippen LogP contribution is -2.24. The highest BCUT2D eigenvalue weighted by atomic mass is 35.5. The number of anilines is 1. The van der Waals surface area contributed by atoms with Crippen LogP contribution in [0.2, 0.25) is 0 Å². The lowest BCUT2D eigenvalue weighted by molar-refractivity contribution is 0.170. The monoisotopic (exact) mass is 317 g/mol. The van der Waals surface area contributed by atoms with Crippen LogP contribution in [0.25, 0.3) is 0 Å². The number of likely N-dealkylation sites (tertiary alicyclic amines) is 1. The minimum Gasteiger partial charge on any atom is -0.392 e. The number of aryl methyl sites for hydroxylation is 1. The van der Waals surface area contributed by atoms with Crippen molar-refractivity contribution in [2.24, 2.45) is 0 Å². The Morgan fingerprint density at radius 3 is 3.00 bits per heavy atom. The van der Waals surface area contributed by atoms with Crippen molar-refractivity contribution < 1.29 is 9.63 Å². The van der Waals surface area contributed by atoms with Gasteiger partial charge in [0.15, 0.2) is 11.0 Å². The smallest absolute Gasteiger partial charge is 0.244 e. The molecule has 3 rings (SSSR count). The molecule has 3 heterocycles. The molecule has 0 amide bonds. The van der Waals surface area contributed by atoms with Crippen LogP contribution in [0, 0.1) is 6.92 Å². The molecule has 1 saturated heterocycles. The molecule has 0 radical (unpaired) electrons. The number of thiazole rings is 1. The second-order valence-electron chi connectivity index (χ2n) is 4.68. The average molecular weight is 318 g/mol. The highest BCUT2D eigenvalue weighted by molar-refractivity contribution is 7.15. The Labute approximate surface area is 126 Å². The standard InChI is InChI=1S/C11H15N5O2S.ClH/c1-6-14-10(18-15-6)9-2-7(17)4-16(9)5-8-3-13-11(12)19-8;/h3,7,9,17H,2,4-5H2,1H3,(H2,12,13);1H/t7-,9+;/m0./s1. The van der Waals surface area contributed by atoms with Gasteiger partial charge in [-0.3, -0.25) is 4.90 Å².